The molecule has 0 aromatic carbocycles. The third-order valence-electron chi connectivity index (χ3n) is 3.05. The number of nitrogens with one attached hydrogen (secondary N) is 2. The second kappa shape index (κ2) is 5.98. The van der Waals surface area contributed by atoms with Gasteiger partial charge in [-0.25, -0.2) is 4.98 Å². The molecule has 0 radical (unpaired) electrons. The maximum Gasteiger partial charge on any atom is 0.120 e. The summed E-state index contributed by atoms with van der Waals surface area (Å²) >= 11 is 0. The molecular formula is C11H21N5. The van der Waals surface area contributed by atoms with E-state index in [0.717, 1.165) is 25.5 Å². The number of likely N-dealkylation sites (N-methyl/N-ethyl adjacent to an activating group) is 1. The molecule has 0 amide bonds. The van der Waals surface area contributed by atoms with Crippen LogP contribution in [0.4, 0.5) is 0 Å². The topological polar surface area (TPSA) is 47.2 Å². The van der Waals surface area contributed by atoms with Gasteiger partial charge in [-0.15, -0.1) is 0 Å². The van der Waals surface area contributed by atoms with Crippen LogP contribution in [-0.4, -0.2) is 66.1 Å². The van der Waals surface area contributed by atoms with Gasteiger partial charge in [0.2, 0.25) is 0 Å². The largest absolute Gasteiger partial charge is 0.348 e. The fraction of sp³-hybridized carbons (Fsp3) is 0.727. The molecular weight excluding hydrogens is 202 g/mol. The summed E-state index contributed by atoms with van der Waals surface area (Å²) in [5, 5.41) is 3.40. The molecule has 5 nitrogen and oxygen atoms in total. The molecule has 1 aromatic rings. The lowest BCUT2D eigenvalue weighted by Crippen LogP contribution is -2.46. The second-order valence-corrected chi connectivity index (χ2v) is 4.36. The fourth-order valence-electron chi connectivity index (χ4n) is 1.91. The number of rotatable bonds is 5. The maximum atomic E-state index is 4.17. The predicted molar refractivity (Wildman–Crippen MR) is 64.2 cm³/mol. The summed E-state index contributed by atoms with van der Waals surface area (Å²) in [6, 6.07) is 0. The molecule has 5 heteroatoms. The van der Waals surface area contributed by atoms with E-state index in [0.29, 0.717) is 0 Å². The van der Waals surface area contributed by atoms with E-state index in [4.69, 9.17) is 0 Å². The Hall–Kier alpha value is -0.910. The Balaban J connectivity index is 1.55. The quantitative estimate of drug-likeness (QED) is 0.676. The van der Waals surface area contributed by atoms with Gasteiger partial charge in [0.15, 0.2) is 0 Å². The molecule has 0 spiro atoms. The number of imidazole rings is 1. The summed E-state index contributed by atoms with van der Waals surface area (Å²) in [5.41, 5.74) is 0. The first kappa shape index (κ1) is 11.6. The van der Waals surface area contributed by atoms with Crippen molar-refractivity contribution in [3.8, 4) is 0 Å². The minimum Gasteiger partial charge on any atom is -0.348 e. The van der Waals surface area contributed by atoms with Gasteiger partial charge in [-0.05, 0) is 7.05 Å². The Labute approximate surface area is 96.8 Å². The van der Waals surface area contributed by atoms with E-state index in [-0.39, 0.29) is 0 Å². The van der Waals surface area contributed by atoms with E-state index < -0.39 is 0 Å². The van der Waals surface area contributed by atoms with Gasteiger partial charge >= 0.3 is 0 Å². The molecule has 1 aliphatic heterocycles. The molecule has 2 heterocycles. The normalized spacial score (nSPS) is 19.1. The highest BCUT2D eigenvalue weighted by atomic mass is 15.2. The third kappa shape index (κ3) is 3.59. The van der Waals surface area contributed by atoms with Crippen molar-refractivity contribution in [2.75, 3.05) is 46.3 Å². The zero-order valence-electron chi connectivity index (χ0n) is 9.95. The first-order valence-electron chi connectivity index (χ1n) is 5.94. The molecule has 16 heavy (non-hydrogen) atoms. The molecule has 1 saturated heterocycles. The fourth-order valence-corrected chi connectivity index (χ4v) is 1.91. The van der Waals surface area contributed by atoms with Crippen molar-refractivity contribution in [3.05, 3.63) is 18.2 Å². The van der Waals surface area contributed by atoms with Gasteiger partial charge in [0.1, 0.15) is 5.82 Å². The SMILES string of the molecule is CN1CCN(CCNCc2ncc[nH]2)CC1. The summed E-state index contributed by atoms with van der Waals surface area (Å²) in [6.07, 6.45) is 3.65. The first-order chi connectivity index (χ1) is 7.84. The molecule has 0 aliphatic carbocycles. The van der Waals surface area contributed by atoms with Crippen LogP contribution in [0.15, 0.2) is 12.4 Å². The lowest BCUT2D eigenvalue weighted by Gasteiger charge is -2.32. The lowest BCUT2D eigenvalue weighted by atomic mass is 10.3. The van der Waals surface area contributed by atoms with E-state index in [2.05, 4.69) is 32.1 Å². The Bertz CT molecular complexity index is 277. The second-order valence-electron chi connectivity index (χ2n) is 4.36. The molecule has 2 N–H and O–H groups in total. The van der Waals surface area contributed by atoms with Crippen LogP contribution in [0, 0.1) is 0 Å². The van der Waals surface area contributed by atoms with Gasteiger partial charge in [0.25, 0.3) is 0 Å². The van der Waals surface area contributed by atoms with Crippen LogP contribution in [0.25, 0.3) is 0 Å². The van der Waals surface area contributed by atoms with Crippen LogP contribution in [0.2, 0.25) is 0 Å². The van der Waals surface area contributed by atoms with Crippen LogP contribution in [0.1, 0.15) is 5.82 Å². The van der Waals surface area contributed by atoms with Gasteiger partial charge < -0.3 is 15.2 Å². The Morgan fingerprint density at radius 3 is 2.88 bits per heavy atom. The third-order valence-corrected chi connectivity index (χ3v) is 3.05. The number of aromatic amines is 1. The van der Waals surface area contributed by atoms with Gasteiger partial charge in [0, 0.05) is 51.7 Å². The van der Waals surface area contributed by atoms with Crippen molar-refractivity contribution >= 4 is 0 Å². The van der Waals surface area contributed by atoms with Gasteiger partial charge in [-0.1, -0.05) is 0 Å². The number of hydrogen-bond donors (Lipinski definition) is 2. The summed E-state index contributed by atoms with van der Waals surface area (Å²) in [7, 11) is 2.19. The Morgan fingerprint density at radius 1 is 1.38 bits per heavy atom. The minimum absolute atomic E-state index is 0.834. The number of piperazine rings is 1. The molecule has 1 aromatic heterocycles. The molecule has 0 unspecified atom stereocenters. The van der Waals surface area contributed by atoms with Crippen molar-refractivity contribution in [2.45, 2.75) is 6.54 Å². The van der Waals surface area contributed by atoms with Crippen LogP contribution >= 0.6 is 0 Å². The molecule has 1 fully saturated rings. The standard InChI is InChI=1S/C11H21N5/c1-15-6-8-16(9-7-15)5-4-12-10-11-13-2-3-14-11/h2-3,12H,4-10H2,1H3,(H,13,14). The summed E-state index contributed by atoms with van der Waals surface area (Å²) in [4.78, 5) is 12.2. The van der Waals surface area contributed by atoms with Crippen molar-refractivity contribution in [1.29, 1.82) is 0 Å². The minimum atomic E-state index is 0.834. The maximum absolute atomic E-state index is 4.17. The average molecular weight is 223 g/mol. The van der Waals surface area contributed by atoms with E-state index in [9.17, 15) is 0 Å². The van der Waals surface area contributed by atoms with Gasteiger partial charge in [-0.2, -0.15) is 0 Å². The van der Waals surface area contributed by atoms with Crippen LogP contribution in [0.5, 0.6) is 0 Å². The van der Waals surface area contributed by atoms with Crippen molar-refractivity contribution in [3.63, 3.8) is 0 Å². The predicted octanol–water partition coefficient (Wildman–Crippen LogP) is -0.253. The summed E-state index contributed by atoms with van der Waals surface area (Å²) in [5.74, 6) is 1.01. The number of nitrogens with zero attached hydrogens (tertiary/aromatic N) is 3. The summed E-state index contributed by atoms with van der Waals surface area (Å²) in [6.45, 7) is 7.77. The van der Waals surface area contributed by atoms with Crippen molar-refractivity contribution < 1.29 is 0 Å². The smallest absolute Gasteiger partial charge is 0.120 e. The molecule has 90 valence electrons. The Kier molecular flexibility index (Phi) is 4.33. The highest BCUT2D eigenvalue weighted by Gasteiger charge is 2.12. The zero-order valence-corrected chi connectivity index (χ0v) is 9.95. The number of aromatic nitrogens is 2. The summed E-state index contributed by atoms with van der Waals surface area (Å²) < 4.78 is 0. The molecule has 0 saturated carbocycles. The average Bonchev–Trinajstić information content (AvgIpc) is 2.80. The lowest BCUT2D eigenvalue weighted by molar-refractivity contribution is 0.154. The molecule has 2 rings (SSSR count). The van der Waals surface area contributed by atoms with Gasteiger partial charge in [0.05, 0.1) is 6.54 Å². The van der Waals surface area contributed by atoms with Crippen molar-refractivity contribution in [2.24, 2.45) is 0 Å². The number of H-pyrrole nitrogens is 1. The van der Waals surface area contributed by atoms with E-state index >= 15 is 0 Å². The molecule has 0 atom stereocenters. The van der Waals surface area contributed by atoms with E-state index in [1.165, 1.54) is 26.2 Å². The monoisotopic (exact) mass is 223 g/mol. The van der Waals surface area contributed by atoms with Crippen LogP contribution < -0.4 is 5.32 Å². The van der Waals surface area contributed by atoms with E-state index in [1.54, 1.807) is 6.20 Å². The van der Waals surface area contributed by atoms with Crippen LogP contribution in [-0.2, 0) is 6.54 Å². The molecule has 0 bridgehead atoms. The molecule has 1 aliphatic rings. The first-order valence-corrected chi connectivity index (χ1v) is 5.94. The zero-order chi connectivity index (χ0) is 11.2. The van der Waals surface area contributed by atoms with Crippen molar-refractivity contribution in [1.82, 2.24) is 25.1 Å². The van der Waals surface area contributed by atoms with E-state index in [1.807, 2.05) is 6.20 Å². The van der Waals surface area contributed by atoms with Crippen LogP contribution in [0.3, 0.4) is 0 Å². The highest BCUT2D eigenvalue weighted by Crippen LogP contribution is 1.97. The Morgan fingerprint density at radius 2 is 2.19 bits per heavy atom. The number of hydrogen-bond acceptors (Lipinski definition) is 4. The van der Waals surface area contributed by atoms with Gasteiger partial charge in [-0.3, -0.25) is 4.90 Å². The highest BCUT2D eigenvalue weighted by molar-refractivity contribution is 4.85.